The molecule has 0 radical (unpaired) electrons. The molecule has 1 aromatic heterocycles. The summed E-state index contributed by atoms with van der Waals surface area (Å²) in [5, 5.41) is 7.37. The zero-order chi connectivity index (χ0) is 15.5. The van der Waals surface area contributed by atoms with Crippen LogP contribution in [-0.4, -0.2) is 34.7 Å². The summed E-state index contributed by atoms with van der Waals surface area (Å²) in [7, 11) is 0. The molecule has 0 bridgehead atoms. The van der Waals surface area contributed by atoms with E-state index in [0.717, 1.165) is 42.8 Å². The summed E-state index contributed by atoms with van der Waals surface area (Å²) in [6.07, 6.45) is 4.10. The molecule has 1 aliphatic heterocycles. The third-order valence-corrected chi connectivity index (χ3v) is 4.42. The zero-order valence-corrected chi connectivity index (χ0v) is 13.3. The molecule has 0 atom stereocenters. The molecule has 1 saturated heterocycles. The average molecular weight is 301 g/mol. The molecule has 3 rings (SSSR count). The lowest BCUT2D eigenvalue weighted by molar-refractivity contribution is 0.191. The Bertz CT molecular complexity index is 612. The molecule has 2 aromatic rings. The first-order chi connectivity index (χ1) is 10.6. The number of H-pyrrole nitrogens is 1. The molecule has 4 heteroatoms. The smallest absolute Gasteiger partial charge is 0.123 e. The van der Waals surface area contributed by atoms with Crippen LogP contribution < -0.4 is 0 Å². The maximum absolute atomic E-state index is 13.5. The number of hydrogen-bond acceptors (Lipinski definition) is 2. The Balaban J connectivity index is 1.73. The van der Waals surface area contributed by atoms with Crippen molar-refractivity contribution in [1.29, 1.82) is 0 Å². The molecular weight excluding hydrogens is 277 g/mol. The van der Waals surface area contributed by atoms with Gasteiger partial charge < -0.3 is 4.90 Å². The molecule has 1 aromatic carbocycles. The fraction of sp³-hybridized carbons (Fsp3) is 0.500. The van der Waals surface area contributed by atoms with Crippen LogP contribution >= 0.6 is 0 Å². The molecule has 0 amide bonds. The van der Waals surface area contributed by atoms with Gasteiger partial charge in [0.2, 0.25) is 0 Å². The van der Waals surface area contributed by atoms with Crippen LogP contribution in [0.25, 0.3) is 11.1 Å². The van der Waals surface area contributed by atoms with Crippen molar-refractivity contribution >= 4 is 0 Å². The third-order valence-electron chi connectivity index (χ3n) is 4.42. The highest BCUT2D eigenvalue weighted by molar-refractivity contribution is 5.65. The van der Waals surface area contributed by atoms with E-state index >= 15 is 0 Å². The molecule has 0 saturated carbocycles. The predicted molar refractivity (Wildman–Crippen MR) is 87.2 cm³/mol. The fourth-order valence-corrected chi connectivity index (χ4v) is 3.41. The molecule has 1 N–H and O–H groups in total. The highest BCUT2D eigenvalue weighted by atomic mass is 19.1. The number of benzene rings is 1. The van der Waals surface area contributed by atoms with Crippen molar-refractivity contribution in [3.8, 4) is 11.1 Å². The highest BCUT2D eigenvalue weighted by Crippen LogP contribution is 2.34. The van der Waals surface area contributed by atoms with E-state index in [4.69, 9.17) is 0 Å². The van der Waals surface area contributed by atoms with Gasteiger partial charge in [-0.25, -0.2) is 4.39 Å². The number of likely N-dealkylation sites (tertiary alicyclic amines) is 1. The standard InChI is InChI=1S/C18H24FN3/c1-13(2)12-22-8-6-14(7-9-22)18-17(11-20-21-18)15-4-3-5-16(19)10-15/h3-5,10-11,13-14H,6-9,12H2,1-2H3,(H,20,21). The first-order valence-corrected chi connectivity index (χ1v) is 8.15. The van der Waals surface area contributed by atoms with Crippen LogP contribution in [-0.2, 0) is 0 Å². The number of halogens is 1. The molecule has 22 heavy (non-hydrogen) atoms. The lowest BCUT2D eigenvalue weighted by atomic mass is 9.89. The average Bonchev–Trinajstić information content (AvgIpc) is 2.97. The summed E-state index contributed by atoms with van der Waals surface area (Å²) in [5.74, 6) is 1.01. The zero-order valence-electron chi connectivity index (χ0n) is 13.3. The van der Waals surface area contributed by atoms with Gasteiger partial charge in [-0.05, 0) is 49.5 Å². The van der Waals surface area contributed by atoms with Crippen molar-refractivity contribution < 1.29 is 4.39 Å². The lowest BCUT2D eigenvalue weighted by Gasteiger charge is -2.32. The third kappa shape index (κ3) is 3.38. The first kappa shape index (κ1) is 15.2. The molecule has 3 nitrogen and oxygen atoms in total. The summed E-state index contributed by atoms with van der Waals surface area (Å²) in [5.41, 5.74) is 3.12. The predicted octanol–water partition coefficient (Wildman–Crippen LogP) is 4.05. The monoisotopic (exact) mass is 301 g/mol. The van der Waals surface area contributed by atoms with Crippen molar-refractivity contribution in [2.45, 2.75) is 32.6 Å². The van der Waals surface area contributed by atoms with E-state index in [0.29, 0.717) is 11.8 Å². The van der Waals surface area contributed by atoms with Gasteiger partial charge in [-0.3, -0.25) is 5.10 Å². The van der Waals surface area contributed by atoms with Gasteiger partial charge in [-0.15, -0.1) is 0 Å². The number of piperidine rings is 1. The number of hydrogen-bond donors (Lipinski definition) is 1. The normalized spacial score (nSPS) is 17.3. The van der Waals surface area contributed by atoms with E-state index < -0.39 is 0 Å². The first-order valence-electron chi connectivity index (χ1n) is 8.15. The van der Waals surface area contributed by atoms with Gasteiger partial charge in [0, 0.05) is 23.7 Å². The van der Waals surface area contributed by atoms with Crippen LogP contribution in [0.15, 0.2) is 30.5 Å². The Labute approximate surface area is 131 Å². The Morgan fingerprint density at radius 3 is 2.77 bits per heavy atom. The number of nitrogens with one attached hydrogen (secondary N) is 1. The lowest BCUT2D eigenvalue weighted by Crippen LogP contribution is -2.35. The summed E-state index contributed by atoms with van der Waals surface area (Å²) in [6.45, 7) is 7.97. The van der Waals surface area contributed by atoms with Gasteiger partial charge in [0.1, 0.15) is 5.82 Å². The number of aromatic nitrogens is 2. The van der Waals surface area contributed by atoms with E-state index in [-0.39, 0.29) is 5.82 Å². The quantitative estimate of drug-likeness (QED) is 0.924. The van der Waals surface area contributed by atoms with Gasteiger partial charge >= 0.3 is 0 Å². The summed E-state index contributed by atoms with van der Waals surface area (Å²) >= 11 is 0. The minimum atomic E-state index is -0.198. The van der Waals surface area contributed by atoms with Crippen molar-refractivity contribution in [1.82, 2.24) is 15.1 Å². The van der Waals surface area contributed by atoms with Gasteiger partial charge in [-0.1, -0.05) is 26.0 Å². The molecule has 1 aliphatic rings. The number of aromatic amines is 1. The molecule has 118 valence electrons. The molecule has 2 heterocycles. The largest absolute Gasteiger partial charge is 0.303 e. The minimum Gasteiger partial charge on any atom is -0.303 e. The summed E-state index contributed by atoms with van der Waals surface area (Å²) < 4.78 is 13.5. The van der Waals surface area contributed by atoms with E-state index in [1.165, 1.54) is 12.6 Å². The van der Waals surface area contributed by atoms with E-state index in [2.05, 4.69) is 28.9 Å². The van der Waals surface area contributed by atoms with Crippen LogP contribution in [0.2, 0.25) is 0 Å². The van der Waals surface area contributed by atoms with Crippen molar-refractivity contribution in [2.75, 3.05) is 19.6 Å². The second-order valence-corrected chi connectivity index (χ2v) is 6.68. The second-order valence-electron chi connectivity index (χ2n) is 6.68. The molecular formula is C18H24FN3. The Morgan fingerprint density at radius 1 is 1.32 bits per heavy atom. The molecule has 0 spiro atoms. The van der Waals surface area contributed by atoms with Gasteiger partial charge in [-0.2, -0.15) is 5.10 Å². The van der Waals surface area contributed by atoms with Crippen molar-refractivity contribution in [3.63, 3.8) is 0 Å². The van der Waals surface area contributed by atoms with Gasteiger partial charge in [0.25, 0.3) is 0 Å². The molecule has 0 unspecified atom stereocenters. The highest BCUT2D eigenvalue weighted by Gasteiger charge is 2.24. The van der Waals surface area contributed by atoms with Crippen LogP contribution in [0.4, 0.5) is 4.39 Å². The second kappa shape index (κ2) is 6.61. The van der Waals surface area contributed by atoms with Crippen molar-refractivity contribution in [3.05, 3.63) is 42.0 Å². The molecule has 0 aliphatic carbocycles. The maximum atomic E-state index is 13.5. The van der Waals surface area contributed by atoms with E-state index in [1.54, 1.807) is 12.1 Å². The minimum absolute atomic E-state index is 0.198. The summed E-state index contributed by atoms with van der Waals surface area (Å²) in [6, 6.07) is 6.77. The van der Waals surface area contributed by atoms with Gasteiger partial charge in [0.15, 0.2) is 0 Å². The van der Waals surface area contributed by atoms with Crippen LogP contribution in [0.1, 0.15) is 38.3 Å². The fourth-order valence-electron chi connectivity index (χ4n) is 3.41. The Hall–Kier alpha value is -1.68. The Kier molecular flexibility index (Phi) is 4.57. The Morgan fingerprint density at radius 2 is 2.09 bits per heavy atom. The van der Waals surface area contributed by atoms with E-state index in [1.807, 2.05) is 12.3 Å². The summed E-state index contributed by atoms with van der Waals surface area (Å²) in [4.78, 5) is 2.54. The van der Waals surface area contributed by atoms with Crippen LogP contribution in [0.3, 0.4) is 0 Å². The molecule has 1 fully saturated rings. The topological polar surface area (TPSA) is 31.9 Å². The van der Waals surface area contributed by atoms with Crippen molar-refractivity contribution in [2.24, 2.45) is 5.92 Å². The van der Waals surface area contributed by atoms with E-state index in [9.17, 15) is 4.39 Å². The van der Waals surface area contributed by atoms with Gasteiger partial charge in [0.05, 0.1) is 6.20 Å². The van der Waals surface area contributed by atoms with Crippen LogP contribution in [0, 0.1) is 11.7 Å². The number of nitrogens with zero attached hydrogens (tertiary/aromatic N) is 2. The maximum Gasteiger partial charge on any atom is 0.123 e. The number of rotatable bonds is 4. The van der Waals surface area contributed by atoms with Crippen LogP contribution in [0.5, 0.6) is 0 Å². The SMILES string of the molecule is CC(C)CN1CCC(c2[nH]ncc2-c2cccc(F)c2)CC1.